The Morgan fingerprint density at radius 1 is 1.58 bits per heavy atom. The van der Waals surface area contributed by atoms with E-state index in [2.05, 4.69) is 9.97 Å². The lowest BCUT2D eigenvalue weighted by Crippen LogP contribution is -2.31. The van der Waals surface area contributed by atoms with Crippen LogP contribution < -0.4 is 5.56 Å². The van der Waals surface area contributed by atoms with E-state index in [1.54, 1.807) is 11.0 Å². The Morgan fingerprint density at radius 2 is 2.37 bits per heavy atom. The van der Waals surface area contributed by atoms with Gasteiger partial charge in [0, 0.05) is 0 Å². The van der Waals surface area contributed by atoms with Crippen molar-refractivity contribution in [1.82, 2.24) is 14.9 Å². The van der Waals surface area contributed by atoms with E-state index in [1.165, 1.54) is 11.3 Å². The molecule has 0 radical (unpaired) electrons. The normalized spacial score (nSPS) is 11.3. The average Bonchev–Trinajstić information content (AvgIpc) is 2.77. The molecule has 0 aromatic carbocycles. The van der Waals surface area contributed by atoms with E-state index >= 15 is 0 Å². The molecule has 0 aliphatic carbocycles. The van der Waals surface area contributed by atoms with Gasteiger partial charge in [0.2, 0.25) is 0 Å². The molecule has 6 nitrogen and oxygen atoms in total. The van der Waals surface area contributed by atoms with Crippen molar-refractivity contribution >= 4 is 27.5 Å². The van der Waals surface area contributed by atoms with E-state index in [9.17, 15) is 9.59 Å². The van der Waals surface area contributed by atoms with Crippen molar-refractivity contribution in [3.05, 3.63) is 27.6 Å². The summed E-state index contributed by atoms with van der Waals surface area (Å²) in [6.07, 6.45) is 0.845. The minimum Gasteiger partial charge on any atom is -0.480 e. The highest BCUT2D eigenvalue weighted by Gasteiger charge is 2.12. The first-order valence-electron chi connectivity index (χ1n) is 6.00. The molecule has 0 bridgehead atoms. The molecule has 0 unspecified atom stereocenters. The van der Waals surface area contributed by atoms with Gasteiger partial charge in [0.25, 0.3) is 5.56 Å². The van der Waals surface area contributed by atoms with Crippen molar-refractivity contribution in [3.8, 4) is 0 Å². The maximum absolute atomic E-state index is 11.8. The Labute approximate surface area is 113 Å². The van der Waals surface area contributed by atoms with Gasteiger partial charge in [0.05, 0.1) is 18.6 Å². The van der Waals surface area contributed by atoms with Gasteiger partial charge in [-0.3, -0.25) is 14.5 Å². The lowest BCUT2D eigenvalue weighted by molar-refractivity contribution is -0.138. The fourth-order valence-electron chi connectivity index (χ4n) is 1.93. The zero-order valence-corrected chi connectivity index (χ0v) is 11.4. The minimum atomic E-state index is -0.882. The molecule has 19 heavy (non-hydrogen) atoms. The Bertz CT molecular complexity index is 634. The number of carbonyl (C=O) groups is 1. The molecule has 0 spiro atoms. The van der Waals surface area contributed by atoms with Crippen LogP contribution in [0, 0.1) is 0 Å². The van der Waals surface area contributed by atoms with Crippen LogP contribution in [-0.2, 0) is 11.3 Å². The van der Waals surface area contributed by atoms with Crippen LogP contribution in [-0.4, -0.2) is 39.0 Å². The number of carboxylic acid groups (broad SMARTS) is 1. The highest BCUT2D eigenvalue weighted by atomic mass is 32.1. The molecular weight excluding hydrogens is 266 g/mol. The summed E-state index contributed by atoms with van der Waals surface area (Å²) >= 11 is 1.35. The fourth-order valence-corrected chi connectivity index (χ4v) is 2.66. The van der Waals surface area contributed by atoms with Crippen LogP contribution in [0.5, 0.6) is 0 Å². The van der Waals surface area contributed by atoms with Gasteiger partial charge in [0.1, 0.15) is 10.5 Å². The highest BCUT2D eigenvalue weighted by Crippen LogP contribution is 2.14. The Hall–Kier alpha value is -1.73. The lowest BCUT2D eigenvalue weighted by atomic mass is 10.3. The molecule has 0 saturated heterocycles. The molecule has 102 valence electrons. The van der Waals surface area contributed by atoms with E-state index in [0.717, 1.165) is 6.42 Å². The summed E-state index contributed by atoms with van der Waals surface area (Å²) in [6, 6.07) is 1.79. The van der Waals surface area contributed by atoms with Gasteiger partial charge in [-0.25, -0.2) is 4.98 Å². The second-order valence-corrected chi connectivity index (χ2v) is 5.17. The SMILES string of the molecule is CCCN(CC(=O)O)Cc1nc2ccsc2c(=O)[nH]1. The number of hydrogen-bond acceptors (Lipinski definition) is 5. The summed E-state index contributed by atoms with van der Waals surface area (Å²) < 4.78 is 0.601. The number of nitrogens with zero attached hydrogens (tertiary/aromatic N) is 2. The number of hydrogen-bond donors (Lipinski definition) is 2. The molecule has 2 N–H and O–H groups in total. The van der Waals surface area contributed by atoms with E-state index < -0.39 is 5.97 Å². The van der Waals surface area contributed by atoms with Gasteiger partial charge in [-0.1, -0.05) is 6.92 Å². The molecule has 0 aliphatic heterocycles. The third-order valence-electron chi connectivity index (χ3n) is 2.64. The molecule has 2 heterocycles. The first kappa shape index (κ1) is 13.7. The Balaban J connectivity index is 2.22. The quantitative estimate of drug-likeness (QED) is 0.833. The zero-order chi connectivity index (χ0) is 13.8. The molecule has 0 fully saturated rings. The first-order valence-corrected chi connectivity index (χ1v) is 6.88. The summed E-state index contributed by atoms with van der Waals surface area (Å²) in [4.78, 5) is 31.4. The van der Waals surface area contributed by atoms with Crippen LogP contribution in [0.2, 0.25) is 0 Å². The third kappa shape index (κ3) is 3.39. The molecule has 0 saturated carbocycles. The standard InChI is InChI=1S/C12H15N3O3S/c1-2-4-15(7-10(16)17)6-9-13-8-3-5-19-11(8)12(18)14-9/h3,5H,2,4,6-7H2,1H3,(H,16,17)(H,13,14,18). The molecule has 0 atom stereocenters. The van der Waals surface area contributed by atoms with E-state index in [-0.39, 0.29) is 12.1 Å². The Morgan fingerprint density at radius 3 is 3.05 bits per heavy atom. The number of aromatic nitrogens is 2. The van der Waals surface area contributed by atoms with Crippen molar-refractivity contribution in [2.45, 2.75) is 19.9 Å². The van der Waals surface area contributed by atoms with Gasteiger partial charge < -0.3 is 10.1 Å². The summed E-state index contributed by atoms with van der Waals surface area (Å²) in [5, 5.41) is 10.7. The number of nitrogens with one attached hydrogen (secondary N) is 1. The van der Waals surface area contributed by atoms with Crippen molar-refractivity contribution in [2.24, 2.45) is 0 Å². The smallest absolute Gasteiger partial charge is 0.317 e. The predicted molar refractivity (Wildman–Crippen MR) is 73.4 cm³/mol. The van der Waals surface area contributed by atoms with Crippen molar-refractivity contribution in [2.75, 3.05) is 13.1 Å². The van der Waals surface area contributed by atoms with Crippen LogP contribution >= 0.6 is 11.3 Å². The summed E-state index contributed by atoms with van der Waals surface area (Å²) in [7, 11) is 0. The largest absolute Gasteiger partial charge is 0.480 e. The number of thiophene rings is 1. The van der Waals surface area contributed by atoms with E-state index in [1.807, 2.05) is 12.3 Å². The molecule has 2 rings (SSSR count). The van der Waals surface area contributed by atoms with E-state index in [0.29, 0.717) is 29.1 Å². The van der Waals surface area contributed by atoms with Gasteiger partial charge in [-0.2, -0.15) is 0 Å². The number of carboxylic acids is 1. The number of H-pyrrole nitrogens is 1. The van der Waals surface area contributed by atoms with Crippen molar-refractivity contribution in [1.29, 1.82) is 0 Å². The van der Waals surface area contributed by atoms with Crippen LogP contribution in [0.4, 0.5) is 0 Å². The second kappa shape index (κ2) is 5.94. The van der Waals surface area contributed by atoms with Crippen LogP contribution in [0.25, 0.3) is 10.2 Å². The first-order chi connectivity index (χ1) is 9.10. The average molecular weight is 281 g/mol. The molecule has 7 heteroatoms. The highest BCUT2D eigenvalue weighted by molar-refractivity contribution is 7.17. The van der Waals surface area contributed by atoms with Crippen LogP contribution in [0.3, 0.4) is 0 Å². The number of fused-ring (bicyclic) bond motifs is 1. The molecule has 0 aliphatic rings. The lowest BCUT2D eigenvalue weighted by Gasteiger charge is -2.18. The maximum atomic E-state index is 11.8. The second-order valence-electron chi connectivity index (χ2n) is 4.25. The minimum absolute atomic E-state index is 0.0563. The van der Waals surface area contributed by atoms with Crippen molar-refractivity contribution in [3.63, 3.8) is 0 Å². The van der Waals surface area contributed by atoms with Crippen molar-refractivity contribution < 1.29 is 9.90 Å². The number of rotatable bonds is 6. The van der Waals surface area contributed by atoms with Gasteiger partial charge in [0.15, 0.2) is 0 Å². The maximum Gasteiger partial charge on any atom is 0.317 e. The number of aromatic amines is 1. The molecule has 2 aromatic heterocycles. The summed E-state index contributed by atoms with van der Waals surface area (Å²) in [5.41, 5.74) is 0.497. The molecule has 0 amide bonds. The molecule has 2 aromatic rings. The van der Waals surface area contributed by atoms with Gasteiger partial charge >= 0.3 is 5.97 Å². The van der Waals surface area contributed by atoms with Gasteiger partial charge in [-0.15, -0.1) is 11.3 Å². The zero-order valence-electron chi connectivity index (χ0n) is 10.5. The van der Waals surface area contributed by atoms with Gasteiger partial charge in [-0.05, 0) is 24.4 Å². The third-order valence-corrected chi connectivity index (χ3v) is 3.54. The van der Waals surface area contributed by atoms with E-state index in [4.69, 9.17) is 5.11 Å². The fraction of sp³-hybridized carbons (Fsp3) is 0.417. The predicted octanol–water partition coefficient (Wildman–Crippen LogP) is 1.28. The monoisotopic (exact) mass is 281 g/mol. The Kier molecular flexibility index (Phi) is 4.28. The molecular formula is C12H15N3O3S. The van der Waals surface area contributed by atoms with Crippen LogP contribution in [0.15, 0.2) is 16.2 Å². The number of aliphatic carboxylic acids is 1. The summed E-state index contributed by atoms with van der Waals surface area (Å²) in [6.45, 7) is 2.91. The van der Waals surface area contributed by atoms with Crippen LogP contribution in [0.1, 0.15) is 19.2 Å². The topological polar surface area (TPSA) is 86.3 Å². The summed E-state index contributed by atoms with van der Waals surface area (Å²) in [5.74, 6) is -0.377.